The van der Waals surface area contributed by atoms with Crippen LogP contribution in [0.5, 0.6) is 0 Å². The minimum atomic E-state index is -0.301. The van der Waals surface area contributed by atoms with E-state index in [1.165, 1.54) is 9.75 Å². The fourth-order valence-corrected chi connectivity index (χ4v) is 4.07. The smallest absolute Gasteiger partial charge is 0.342 e. The van der Waals surface area contributed by atoms with Crippen molar-refractivity contribution in [2.45, 2.75) is 52.3 Å². The lowest BCUT2D eigenvalue weighted by molar-refractivity contribution is 0.0378. The fourth-order valence-electron chi connectivity index (χ4n) is 3.16. The maximum Gasteiger partial charge on any atom is 0.342 e. The van der Waals surface area contributed by atoms with Crippen LogP contribution in [-0.2, 0) is 17.7 Å². The van der Waals surface area contributed by atoms with Crippen molar-refractivity contribution < 1.29 is 9.53 Å². The van der Waals surface area contributed by atoms with Gasteiger partial charge in [-0.25, -0.2) is 9.78 Å². The molecule has 1 atom stereocenters. The van der Waals surface area contributed by atoms with Crippen LogP contribution in [0, 0.1) is 0 Å². The van der Waals surface area contributed by atoms with Crippen molar-refractivity contribution >= 4 is 23.1 Å². The van der Waals surface area contributed by atoms with Gasteiger partial charge in [-0.05, 0) is 51.0 Å². The Morgan fingerprint density at radius 1 is 1.38 bits per heavy atom. The Hall–Kier alpha value is -1.92. The van der Waals surface area contributed by atoms with E-state index in [-0.39, 0.29) is 12.1 Å². The average molecular weight is 374 g/mol. The molecular formula is C20H27N3O2S. The van der Waals surface area contributed by atoms with E-state index in [0.29, 0.717) is 11.6 Å². The molecule has 0 aliphatic carbocycles. The third-order valence-corrected chi connectivity index (χ3v) is 5.70. The molecule has 0 aromatic carbocycles. The number of aromatic nitrogens is 1. The Labute approximate surface area is 159 Å². The molecule has 0 spiro atoms. The second-order valence-electron chi connectivity index (χ2n) is 6.86. The molecule has 0 bridgehead atoms. The van der Waals surface area contributed by atoms with Crippen LogP contribution in [0.2, 0.25) is 0 Å². The number of pyridine rings is 1. The van der Waals surface area contributed by atoms with Crippen LogP contribution in [0.1, 0.15) is 47.3 Å². The van der Waals surface area contributed by atoms with Gasteiger partial charge in [0.05, 0.1) is 6.10 Å². The lowest BCUT2D eigenvalue weighted by Crippen LogP contribution is -2.32. The van der Waals surface area contributed by atoms with Crippen molar-refractivity contribution in [1.82, 2.24) is 10.3 Å². The van der Waals surface area contributed by atoms with E-state index in [1.54, 1.807) is 18.3 Å². The molecule has 26 heavy (non-hydrogen) atoms. The van der Waals surface area contributed by atoms with Gasteiger partial charge >= 0.3 is 5.97 Å². The molecule has 140 valence electrons. The van der Waals surface area contributed by atoms with Crippen molar-refractivity contribution in [2.24, 2.45) is 0 Å². The van der Waals surface area contributed by atoms with E-state index in [0.717, 1.165) is 38.3 Å². The molecule has 3 rings (SSSR count). The number of nitrogens with zero attached hydrogens (tertiary/aromatic N) is 2. The molecule has 6 heteroatoms. The van der Waals surface area contributed by atoms with Gasteiger partial charge in [0.15, 0.2) is 0 Å². The van der Waals surface area contributed by atoms with E-state index in [9.17, 15) is 4.79 Å². The summed E-state index contributed by atoms with van der Waals surface area (Å²) in [6.07, 6.45) is 3.74. The molecule has 2 aromatic rings. The number of hydrogen-bond donors (Lipinski definition) is 1. The Bertz CT molecular complexity index is 744. The van der Waals surface area contributed by atoms with Crippen molar-refractivity contribution in [3.63, 3.8) is 0 Å². The van der Waals surface area contributed by atoms with Gasteiger partial charge in [-0.1, -0.05) is 6.92 Å². The number of ether oxygens (including phenoxy) is 1. The minimum absolute atomic E-state index is 0.137. The second-order valence-corrected chi connectivity index (χ2v) is 8.12. The minimum Gasteiger partial charge on any atom is -0.459 e. The van der Waals surface area contributed by atoms with E-state index in [1.807, 2.05) is 25.2 Å². The molecule has 1 saturated heterocycles. The zero-order valence-corrected chi connectivity index (χ0v) is 16.5. The normalized spacial score (nSPS) is 17.1. The van der Waals surface area contributed by atoms with Crippen molar-refractivity contribution in [3.05, 3.63) is 45.8 Å². The van der Waals surface area contributed by atoms with Gasteiger partial charge in [0, 0.05) is 41.6 Å². The summed E-state index contributed by atoms with van der Waals surface area (Å²) in [4.78, 5) is 21.8. The largest absolute Gasteiger partial charge is 0.459 e. The highest BCUT2D eigenvalue weighted by atomic mass is 32.1. The SMILES string of the molecule is CCc1ccc(CN[C@H]2CCN(c3ncccc3C(=O)OC(C)C)C2)s1. The molecule has 1 aliphatic heterocycles. The first-order valence-corrected chi connectivity index (χ1v) is 10.1. The molecule has 0 amide bonds. The third kappa shape index (κ3) is 4.62. The highest BCUT2D eigenvalue weighted by molar-refractivity contribution is 7.11. The first-order valence-electron chi connectivity index (χ1n) is 9.28. The summed E-state index contributed by atoms with van der Waals surface area (Å²) in [6.45, 7) is 8.54. The maximum atomic E-state index is 12.4. The average Bonchev–Trinajstić information content (AvgIpc) is 3.28. The molecule has 1 N–H and O–H groups in total. The number of esters is 1. The molecule has 3 heterocycles. The second kappa shape index (κ2) is 8.64. The van der Waals surface area contributed by atoms with Crippen LogP contribution in [0.4, 0.5) is 5.82 Å². The van der Waals surface area contributed by atoms with Gasteiger partial charge in [-0.2, -0.15) is 0 Å². The number of rotatable bonds is 7. The molecule has 5 nitrogen and oxygen atoms in total. The highest BCUT2D eigenvalue weighted by Crippen LogP contribution is 2.24. The van der Waals surface area contributed by atoms with E-state index >= 15 is 0 Å². The fraction of sp³-hybridized carbons (Fsp3) is 0.500. The number of hydrogen-bond acceptors (Lipinski definition) is 6. The summed E-state index contributed by atoms with van der Waals surface area (Å²) in [6, 6.07) is 8.41. The van der Waals surface area contributed by atoms with Gasteiger partial charge in [0.25, 0.3) is 0 Å². The summed E-state index contributed by atoms with van der Waals surface area (Å²) >= 11 is 1.88. The molecule has 0 radical (unpaired) electrons. The van der Waals surface area contributed by atoms with Crippen LogP contribution in [0.3, 0.4) is 0 Å². The molecule has 1 fully saturated rings. The van der Waals surface area contributed by atoms with Gasteiger partial charge in [-0.15, -0.1) is 11.3 Å². The summed E-state index contributed by atoms with van der Waals surface area (Å²) < 4.78 is 5.36. The topological polar surface area (TPSA) is 54.5 Å². The monoisotopic (exact) mass is 373 g/mol. The highest BCUT2D eigenvalue weighted by Gasteiger charge is 2.27. The zero-order chi connectivity index (χ0) is 18.5. The van der Waals surface area contributed by atoms with E-state index < -0.39 is 0 Å². The summed E-state index contributed by atoms with van der Waals surface area (Å²) in [7, 11) is 0. The molecular weight excluding hydrogens is 346 g/mol. The lowest BCUT2D eigenvalue weighted by Gasteiger charge is -2.20. The maximum absolute atomic E-state index is 12.4. The third-order valence-electron chi connectivity index (χ3n) is 4.47. The van der Waals surface area contributed by atoms with Gasteiger partial charge in [0.2, 0.25) is 0 Å². The number of anilines is 1. The van der Waals surface area contributed by atoms with Crippen LogP contribution in [0.15, 0.2) is 30.5 Å². The summed E-state index contributed by atoms with van der Waals surface area (Å²) in [5.41, 5.74) is 0.549. The Balaban J connectivity index is 1.61. The summed E-state index contributed by atoms with van der Waals surface area (Å²) in [5, 5.41) is 3.64. The Morgan fingerprint density at radius 2 is 2.19 bits per heavy atom. The van der Waals surface area contributed by atoms with Gasteiger partial charge in [0.1, 0.15) is 11.4 Å². The number of carbonyl (C=O) groups excluding carboxylic acids is 1. The molecule has 1 aliphatic rings. The van der Waals surface area contributed by atoms with Gasteiger partial charge < -0.3 is 15.0 Å². The number of nitrogens with one attached hydrogen (secondary N) is 1. The van der Waals surface area contributed by atoms with E-state index in [2.05, 4.69) is 34.3 Å². The van der Waals surface area contributed by atoms with Gasteiger partial charge in [-0.3, -0.25) is 0 Å². The van der Waals surface area contributed by atoms with Crippen molar-refractivity contribution in [1.29, 1.82) is 0 Å². The Kier molecular flexibility index (Phi) is 6.27. The first-order chi connectivity index (χ1) is 12.6. The summed E-state index contributed by atoms with van der Waals surface area (Å²) in [5.74, 6) is 0.428. The van der Waals surface area contributed by atoms with Crippen LogP contribution in [-0.4, -0.2) is 36.2 Å². The predicted octanol–water partition coefficient (Wildman–Crippen LogP) is 3.64. The predicted molar refractivity (Wildman–Crippen MR) is 106 cm³/mol. The number of aryl methyl sites for hydroxylation is 1. The van der Waals surface area contributed by atoms with E-state index in [4.69, 9.17) is 4.74 Å². The lowest BCUT2D eigenvalue weighted by atomic mass is 10.2. The molecule has 0 unspecified atom stereocenters. The van der Waals surface area contributed by atoms with Crippen molar-refractivity contribution in [3.8, 4) is 0 Å². The standard InChI is InChI=1S/C20H27N3O2S/c1-4-16-7-8-17(26-16)12-22-15-9-11-23(13-15)19-18(6-5-10-21-19)20(24)25-14(2)3/h5-8,10,14-15,22H,4,9,11-13H2,1-3H3/t15-/m0/s1. The molecule has 0 saturated carbocycles. The van der Waals surface area contributed by atoms with Crippen LogP contribution < -0.4 is 10.2 Å². The van der Waals surface area contributed by atoms with Crippen LogP contribution in [0.25, 0.3) is 0 Å². The quantitative estimate of drug-likeness (QED) is 0.751. The Morgan fingerprint density at radius 3 is 2.92 bits per heavy atom. The molecule has 2 aromatic heterocycles. The number of carbonyl (C=O) groups is 1. The van der Waals surface area contributed by atoms with Crippen molar-refractivity contribution in [2.75, 3.05) is 18.0 Å². The van der Waals surface area contributed by atoms with Crippen LogP contribution >= 0.6 is 11.3 Å². The first kappa shape index (κ1) is 18.9. The number of thiophene rings is 1. The zero-order valence-electron chi connectivity index (χ0n) is 15.7.